The van der Waals surface area contributed by atoms with Gasteiger partial charge in [0.2, 0.25) is 11.6 Å². The Balaban J connectivity index is 1.50. The fraction of sp³-hybridized carbons (Fsp3) is 0.0667. The van der Waals surface area contributed by atoms with Gasteiger partial charge in [0.1, 0.15) is 22.9 Å². The summed E-state index contributed by atoms with van der Waals surface area (Å²) in [7, 11) is 3.13. The first-order valence-corrected chi connectivity index (χ1v) is 11.8. The number of methoxy groups -OCH3 is 2. The lowest BCUT2D eigenvalue weighted by Gasteiger charge is -2.11. The van der Waals surface area contributed by atoms with E-state index in [9.17, 15) is 9.59 Å². The van der Waals surface area contributed by atoms with E-state index in [1.54, 1.807) is 99.4 Å². The van der Waals surface area contributed by atoms with Crippen molar-refractivity contribution in [2.24, 2.45) is 0 Å². The van der Waals surface area contributed by atoms with Crippen LogP contribution in [0.2, 0.25) is 0 Å². The van der Waals surface area contributed by atoms with Crippen LogP contribution in [0.4, 0.5) is 0 Å². The molecule has 3 heterocycles. The molecule has 8 nitrogen and oxygen atoms in total. The van der Waals surface area contributed by atoms with Crippen LogP contribution in [-0.4, -0.2) is 46.0 Å². The van der Waals surface area contributed by atoms with Crippen molar-refractivity contribution in [1.29, 1.82) is 0 Å². The van der Waals surface area contributed by atoms with Gasteiger partial charge in [0, 0.05) is 45.1 Å². The summed E-state index contributed by atoms with van der Waals surface area (Å²) in [6.45, 7) is 0. The van der Waals surface area contributed by atoms with Gasteiger partial charge in [-0.3, -0.25) is 19.6 Å². The summed E-state index contributed by atoms with van der Waals surface area (Å²) < 4.78 is 10.7. The van der Waals surface area contributed by atoms with Crippen molar-refractivity contribution >= 4 is 44.1 Å². The van der Waals surface area contributed by atoms with Crippen LogP contribution in [0.1, 0.15) is 32.1 Å². The maximum absolute atomic E-state index is 13.8. The van der Waals surface area contributed by atoms with E-state index in [0.29, 0.717) is 55.2 Å². The first kappa shape index (κ1) is 23.2. The number of benzene rings is 3. The van der Waals surface area contributed by atoms with Gasteiger partial charge in [-0.05, 0) is 48.5 Å². The summed E-state index contributed by atoms with van der Waals surface area (Å²) in [4.78, 5) is 36.3. The van der Waals surface area contributed by atoms with Crippen LogP contribution >= 0.6 is 0 Å². The van der Waals surface area contributed by atoms with Gasteiger partial charge in [0.15, 0.2) is 0 Å². The highest BCUT2D eigenvalue weighted by molar-refractivity contribution is 6.24. The predicted molar refractivity (Wildman–Crippen MR) is 143 cm³/mol. The average Bonchev–Trinajstić information content (AvgIpc) is 2.98. The van der Waals surface area contributed by atoms with Crippen molar-refractivity contribution in [3.8, 4) is 11.5 Å². The third kappa shape index (κ3) is 3.79. The summed E-state index contributed by atoms with van der Waals surface area (Å²) in [6, 6.07) is 21.1. The Hall–Kier alpha value is -5.24. The van der Waals surface area contributed by atoms with Crippen LogP contribution in [0.5, 0.6) is 11.5 Å². The van der Waals surface area contributed by atoms with Gasteiger partial charge in [-0.25, -0.2) is 0 Å². The molecule has 0 N–H and O–H groups in total. The topological polar surface area (TPSA) is 104 Å². The molecule has 184 valence electrons. The number of aromatic nitrogens is 4. The van der Waals surface area contributed by atoms with Gasteiger partial charge in [-0.1, -0.05) is 24.3 Å². The molecule has 38 heavy (non-hydrogen) atoms. The van der Waals surface area contributed by atoms with Crippen LogP contribution in [-0.2, 0) is 0 Å². The van der Waals surface area contributed by atoms with Gasteiger partial charge >= 0.3 is 0 Å². The quantitative estimate of drug-likeness (QED) is 0.287. The van der Waals surface area contributed by atoms with E-state index in [1.165, 1.54) is 0 Å². The van der Waals surface area contributed by atoms with Crippen molar-refractivity contribution in [2.45, 2.75) is 0 Å². The fourth-order valence-corrected chi connectivity index (χ4v) is 4.60. The van der Waals surface area contributed by atoms with Crippen LogP contribution in [0, 0.1) is 0 Å². The molecule has 0 spiro atoms. The number of rotatable bonds is 6. The zero-order valence-electron chi connectivity index (χ0n) is 20.5. The van der Waals surface area contributed by atoms with Gasteiger partial charge < -0.3 is 9.47 Å². The van der Waals surface area contributed by atoms with Crippen LogP contribution in [0.25, 0.3) is 32.6 Å². The summed E-state index contributed by atoms with van der Waals surface area (Å²) in [5.41, 5.74) is 2.43. The zero-order valence-corrected chi connectivity index (χ0v) is 20.5. The van der Waals surface area contributed by atoms with E-state index < -0.39 is 0 Å². The molecule has 3 aromatic heterocycles. The van der Waals surface area contributed by atoms with Crippen LogP contribution in [0.3, 0.4) is 0 Å². The number of nitrogens with zero attached hydrogens (tertiary/aromatic N) is 4. The molecule has 0 bridgehead atoms. The molecular formula is C30H20N4O4. The van der Waals surface area contributed by atoms with E-state index >= 15 is 0 Å². The highest BCUT2D eigenvalue weighted by Crippen LogP contribution is 2.29. The molecule has 0 unspecified atom stereocenters. The summed E-state index contributed by atoms with van der Waals surface area (Å²) >= 11 is 0. The molecule has 0 saturated carbocycles. The standard InChI is InChI=1S/C30H20N4O4/c1-37-17-7-9-25-23(15-17)21(11-13-31-25)29(35)27-19-5-3-4-6-20(19)28(34-33-27)30(36)22-12-14-32-26-10-8-18(38-2)16-24(22)26/h3-16H,1-2H3. The second kappa shape index (κ2) is 9.33. The number of hydrogen-bond donors (Lipinski definition) is 0. The lowest BCUT2D eigenvalue weighted by atomic mass is 9.96. The Kier molecular flexibility index (Phi) is 5.69. The molecule has 3 aromatic carbocycles. The summed E-state index contributed by atoms with van der Waals surface area (Å²) in [5.74, 6) is 0.565. The number of hydrogen-bond acceptors (Lipinski definition) is 8. The van der Waals surface area contributed by atoms with Gasteiger partial charge in [-0.2, -0.15) is 0 Å². The molecule has 8 heteroatoms. The number of ketones is 2. The minimum atomic E-state index is -0.326. The average molecular weight is 501 g/mol. The Labute approximate surface area is 216 Å². The summed E-state index contributed by atoms with van der Waals surface area (Å²) in [6.07, 6.45) is 3.16. The third-order valence-corrected chi connectivity index (χ3v) is 6.50. The Morgan fingerprint density at radius 1 is 0.579 bits per heavy atom. The number of pyridine rings is 2. The van der Waals surface area contributed by atoms with Gasteiger partial charge in [0.25, 0.3) is 0 Å². The van der Waals surface area contributed by atoms with Crippen LogP contribution < -0.4 is 9.47 Å². The van der Waals surface area contributed by atoms with Crippen molar-refractivity contribution in [1.82, 2.24) is 20.2 Å². The number of ether oxygens (including phenoxy) is 2. The zero-order chi connectivity index (χ0) is 26.2. The number of fused-ring (bicyclic) bond motifs is 3. The molecule has 0 aliphatic carbocycles. The van der Waals surface area contributed by atoms with Gasteiger partial charge in [-0.15, -0.1) is 10.2 Å². The predicted octanol–water partition coefficient (Wildman–Crippen LogP) is 5.21. The van der Waals surface area contributed by atoms with Crippen molar-refractivity contribution in [3.05, 3.63) is 108 Å². The smallest absolute Gasteiger partial charge is 0.214 e. The Morgan fingerprint density at radius 3 is 1.45 bits per heavy atom. The lowest BCUT2D eigenvalue weighted by Crippen LogP contribution is -2.13. The van der Waals surface area contributed by atoms with Gasteiger partial charge in [0.05, 0.1) is 25.3 Å². The Morgan fingerprint density at radius 2 is 1.03 bits per heavy atom. The SMILES string of the molecule is COc1ccc2nccc(C(=O)c3nnc(C(=O)c4ccnc5ccc(OC)cc45)c4ccccc34)c2c1. The largest absolute Gasteiger partial charge is 0.497 e. The first-order chi connectivity index (χ1) is 18.6. The van der Waals surface area contributed by atoms with E-state index in [0.717, 1.165) is 0 Å². The maximum Gasteiger partial charge on any atom is 0.214 e. The minimum absolute atomic E-state index is 0.147. The van der Waals surface area contributed by atoms with E-state index in [2.05, 4.69) is 20.2 Å². The summed E-state index contributed by atoms with van der Waals surface area (Å²) in [5, 5.41) is 10.9. The highest BCUT2D eigenvalue weighted by atomic mass is 16.5. The third-order valence-electron chi connectivity index (χ3n) is 6.50. The normalized spacial score (nSPS) is 11.1. The molecule has 6 rings (SSSR count). The molecule has 0 aliphatic heterocycles. The second-order valence-electron chi connectivity index (χ2n) is 8.58. The number of carbonyl (C=O) groups is 2. The lowest BCUT2D eigenvalue weighted by molar-refractivity contribution is 0.102. The van der Waals surface area contributed by atoms with Crippen molar-refractivity contribution < 1.29 is 19.1 Å². The monoisotopic (exact) mass is 500 g/mol. The minimum Gasteiger partial charge on any atom is -0.497 e. The maximum atomic E-state index is 13.8. The number of carbonyl (C=O) groups excluding carboxylic acids is 2. The van der Waals surface area contributed by atoms with Crippen molar-refractivity contribution in [2.75, 3.05) is 14.2 Å². The fourth-order valence-electron chi connectivity index (χ4n) is 4.60. The van der Waals surface area contributed by atoms with Crippen molar-refractivity contribution in [3.63, 3.8) is 0 Å². The molecule has 0 radical (unpaired) electrons. The highest BCUT2D eigenvalue weighted by Gasteiger charge is 2.23. The van der Waals surface area contributed by atoms with E-state index in [1.807, 2.05) is 0 Å². The molecule has 0 saturated heterocycles. The Bertz CT molecular complexity index is 1760. The molecule has 0 fully saturated rings. The molecular weight excluding hydrogens is 480 g/mol. The first-order valence-electron chi connectivity index (χ1n) is 11.8. The second-order valence-corrected chi connectivity index (χ2v) is 8.58. The van der Waals surface area contributed by atoms with E-state index in [4.69, 9.17) is 9.47 Å². The molecule has 6 aromatic rings. The molecule has 0 amide bonds. The van der Waals surface area contributed by atoms with Crippen LogP contribution in [0.15, 0.2) is 85.2 Å². The van der Waals surface area contributed by atoms with E-state index in [-0.39, 0.29) is 23.0 Å². The molecule has 0 atom stereocenters. The molecule has 0 aliphatic rings.